The van der Waals surface area contributed by atoms with Gasteiger partial charge in [-0.1, -0.05) is 34.6 Å². The van der Waals surface area contributed by atoms with Crippen LogP contribution in [0, 0.1) is 16.7 Å². The fraction of sp³-hybridized carbons (Fsp3) is 0.917. The first-order valence-corrected chi connectivity index (χ1v) is 5.40. The summed E-state index contributed by atoms with van der Waals surface area (Å²) >= 11 is 0. The van der Waals surface area contributed by atoms with Crippen molar-refractivity contribution in [3.8, 4) is 0 Å². The van der Waals surface area contributed by atoms with Crippen molar-refractivity contribution < 1.29 is 9.90 Å². The van der Waals surface area contributed by atoms with E-state index in [-0.39, 0.29) is 5.41 Å². The van der Waals surface area contributed by atoms with Gasteiger partial charge in [-0.15, -0.1) is 0 Å². The van der Waals surface area contributed by atoms with Crippen LogP contribution in [0.1, 0.15) is 54.4 Å². The maximum absolute atomic E-state index is 11.3. The zero-order valence-electron chi connectivity index (χ0n) is 10.3. The molecule has 1 atom stereocenters. The molecule has 2 nitrogen and oxygen atoms in total. The molecular formula is C12H24O2. The number of carboxylic acids is 1. The zero-order chi connectivity index (χ0) is 11.6. The second-order valence-electron chi connectivity index (χ2n) is 5.47. The van der Waals surface area contributed by atoms with Crippen LogP contribution in [-0.4, -0.2) is 11.1 Å². The third-order valence-electron chi connectivity index (χ3n) is 3.59. The van der Waals surface area contributed by atoms with Crippen LogP contribution >= 0.6 is 0 Å². The molecule has 0 fully saturated rings. The predicted molar refractivity (Wildman–Crippen MR) is 59.3 cm³/mol. The van der Waals surface area contributed by atoms with Gasteiger partial charge in [0.2, 0.25) is 0 Å². The Balaban J connectivity index is 4.91. The summed E-state index contributed by atoms with van der Waals surface area (Å²) in [6.07, 6.45) is 1.63. The molecular weight excluding hydrogens is 176 g/mol. The van der Waals surface area contributed by atoms with Gasteiger partial charge in [0.15, 0.2) is 0 Å². The van der Waals surface area contributed by atoms with Crippen molar-refractivity contribution >= 4 is 5.97 Å². The fourth-order valence-corrected chi connectivity index (χ4v) is 2.17. The molecule has 2 heteroatoms. The average molecular weight is 200 g/mol. The van der Waals surface area contributed by atoms with Crippen molar-refractivity contribution in [2.45, 2.75) is 54.4 Å². The smallest absolute Gasteiger partial charge is 0.309 e. The van der Waals surface area contributed by atoms with Gasteiger partial charge in [-0.3, -0.25) is 4.79 Å². The van der Waals surface area contributed by atoms with Crippen molar-refractivity contribution in [1.29, 1.82) is 0 Å². The van der Waals surface area contributed by atoms with Crippen LogP contribution in [-0.2, 0) is 4.79 Å². The van der Waals surface area contributed by atoms with E-state index >= 15 is 0 Å². The summed E-state index contributed by atoms with van der Waals surface area (Å²) in [7, 11) is 0. The second kappa shape index (κ2) is 4.33. The Morgan fingerprint density at radius 3 is 1.93 bits per heavy atom. The van der Waals surface area contributed by atoms with Crippen LogP contribution in [0.25, 0.3) is 0 Å². The molecule has 0 saturated carbocycles. The summed E-state index contributed by atoms with van der Waals surface area (Å²) in [5.41, 5.74) is -0.765. The normalized spacial score (nSPS) is 16.8. The second-order valence-corrected chi connectivity index (χ2v) is 5.47. The van der Waals surface area contributed by atoms with Gasteiger partial charge in [-0.05, 0) is 31.1 Å². The summed E-state index contributed by atoms with van der Waals surface area (Å²) < 4.78 is 0. The highest BCUT2D eigenvalue weighted by Gasteiger charge is 2.45. The summed E-state index contributed by atoms with van der Waals surface area (Å²) in [6, 6.07) is 0. The first-order chi connectivity index (χ1) is 6.17. The molecule has 0 amide bonds. The summed E-state index contributed by atoms with van der Waals surface area (Å²) in [5.74, 6) is -0.138. The topological polar surface area (TPSA) is 37.3 Å². The van der Waals surface area contributed by atoms with E-state index in [1.54, 1.807) is 0 Å². The lowest BCUT2D eigenvalue weighted by Gasteiger charge is -2.41. The first kappa shape index (κ1) is 13.5. The van der Waals surface area contributed by atoms with Crippen molar-refractivity contribution in [3.05, 3.63) is 0 Å². The zero-order valence-corrected chi connectivity index (χ0v) is 10.3. The van der Waals surface area contributed by atoms with E-state index in [4.69, 9.17) is 0 Å². The number of rotatable bonds is 5. The molecule has 14 heavy (non-hydrogen) atoms. The molecule has 0 aromatic rings. The minimum atomic E-state index is -0.675. The van der Waals surface area contributed by atoms with E-state index in [9.17, 15) is 9.90 Å². The van der Waals surface area contributed by atoms with E-state index in [0.717, 1.165) is 6.42 Å². The molecule has 0 aliphatic heterocycles. The molecule has 0 spiro atoms. The molecule has 84 valence electrons. The SMILES string of the molecule is CCC(C)(C(=O)O)C(C)(C)CC(C)C. The van der Waals surface area contributed by atoms with E-state index in [0.29, 0.717) is 12.3 Å². The van der Waals surface area contributed by atoms with Crippen LogP contribution in [0.3, 0.4) is 0 Å². The number of hydrogen-bond donors (Lipinski definition) is 1. The molecule has 0 aliphatic rings. The lowest BCUT2D eigenvalue weighted by Crippen LogP contribution is -2.42. The minimum Gasteiger partial charge on any atom is -0.481 e. The molecule has 0 aliphatic carbocycles. The maximum Gasteiger partial charge on any atom is 0.309 e. The molecule has 0 aromatic heterocycles. The van der Waals surface area contributed by atoms with E-state index in [1.807, 2.05) is 13.8 Å². The summed E-state index contributed by atoms with van der Waals surface area (Å²) in [6.45, 7) is 12.2. The highest BCUT2D eigenvalue weighted by atomic mass is 16.4. The molecule has 0 heterocycles. The van der Waals surface area contributed by atoms with Crippen LogP contribution in [0.5, 0.6) is 0 Å². The largest absolute Gasteiger partial charge is 0.481 e. The Hall–Kier alpha value is -0.530. The number of hydrogen-bond acceptors (Lipinski definition) is 1. The third kappa shape index (κ3) is 2.49. The van der Waals surface area contributed by atoms with E-state index in [2.05, 4.69) is 27.7 Å². The van der Waals surface area contributed by atoms with Crippen LogP contribution in [0.4, 0.5) is 0 Å². The summed E-state index contributed by atoms with van der Waals surface area (Å²) in [5, 5.41) is 9.28. The predicted octanol–water partition coefficient (Wildman–Crippen LogP) is 3.56. The first-order valence-electron chi connectivity index (χ1n) is 5.40. The van der Waals surface area contributed by atoms with Crippen LogP contribution in [0.2, 0.25) is 0 Å². The third-order valence-corrected chi connectivity index (χ3v) is 3.59. The molecule has 1 unspecified atom stereocenters. The van der Waals surface area contributed by atoms with Gasteiger partial charge in [0.05, 0.1) is 5.41 Å². The lowest BCUT2D eigenvalue weighted by atomic mass is 9.62. The van der Waals surface area contributed by atoms with Crippen molar-refractivity contribution in [2.75, 3.05) is 0 Å². The highest BCUT2D eigenvalue weighted by molar-refractivity contribution is 5.75. The van der Waals surface area contributed by atoms with Gasteiger partial charge in [0, 0.05) is 0 Å². The maximum atomic E-state index is 11.3. The highest BCUT2D eigenvalue weighted by Crippen LogP contribution is 2.45. The van der Waals surface area contributed by atoms with Crippen LogP contribution in [0.15, 0.2) is 0 Å². The van der Waals surface area contributed by atoms with Crippen molar-refractivity contribution in [1.82, 2.24) is 0 Å². The van der Waals surface area contributed by atoms with Crippen molar-refractivity contribution in [2.24, 2.45) is 16.7 Å². The van der Waals surface area contributed by atoms with Gasteiger partial charge in [-0.25, -0.2) is 0 Å². The fourth-order valence-electron chi connectivity index (χ4n) is 2.17. The molecule has 0 rings (SSSR count). The number of carboxylic acid groups (broad SMARTS) is 1. The Bertz CT molecular complexity index is 206. The van der Waals surface area contributed by atoms with Gasteiger partial charge < -0.3 is 5.11 Å². The summed E-state index contributed by atoms with van der Waals surface area (Å²) in [4.78, 5) is 11.3. The number of aliphatic carboxylic acids is 1. The molecule has 0 saturated heterocycles. The monoisotopic (exact) mass is 200 g/mol. The molecule has 0 radical (unpaired) electrons. The number of carbonyl (C=O) groups is 1. The average Bonchev–Trinajstić information content (AvgIpc) is 1.99. The Kier molecular flexibility index (Phi) is 4.16. The lowest BCUT2D eigenvalue weighted by molar-refractivity contribution is -0.156. The van der Waals surface area contributed by atoms with Gasteiger partial charge in [-0.2, -0.15) is 0 Å². The van der Waals surface area contributed by atoms with Gasteiger partial charge >= 0.3 is 5.97 Å². The van der Waals surface area contributed by atoms with E-state index in [1.165, 1.54) is 0 Å². The molecule has 0 bridgehead atoms. The molecule has 1 N–H and O–H groups in total. The minimum absolute atomic E-state index is 0.151. The van der Waals surface area contributed by atoms with E-state index < -0.39 is 11.4 Å². The molecule has 0 aromatic carbocycles. The standard InChI is InChI=1S/C12H24O2/c1-7-12(6,10(13)14)11(4,5)8-9(2)3/h9H,7-8H2,1-6H3,(H,13,14). The van der Waals surface area contributed by atoms with Crippen molar-refractivity contribution in [3.63, 3.8) is 0 Å². The van der Waals surface area contributed by atoms with Crippen LogP contribution < -0.4 is 0 Å². The Morgan fingerprint density at radius 2 is 1.71 bits per heavy atom. The quantitative estimate of drug-likeness (QED) is 0.736. The van der Waals surface area contributed by atoms with Gasteiger partial charge in [0.1, 0.15) is 0 Å². The van der Waals surface area contributed by atoms with Gasteiger partial charge in [0.25, 0.3) is 0 Å². The Morgan fingerprint density at radius 1 is 1.29 bits per heavy atom. The Labute approximate surface area is 87.7 Å².